The molecule has 1 aromatic heterocycles. The maximum Gasteiger partial charge on any atom is 0.238 e. The lowest BCUT2D eigenvalue weighted by atomic mass is 10.1. The number of hydrogen-bond donors (Lipinski definition) is 2. The van der Waals surface area contributed by atoms with Gasteiger partial charge >= 0.3 is 0 Å². The molecule has 1 aromatic carbocycles. The lowest BCUT2D eigenvalue weighted by molar-refractivity contribution is -0.120. The quantitative estimate of drug-likeness (QED) is 0.814. The normalized spacial score (nSPS) is 11.4. The van der Waals surface area contributed by atoms with E-state index in [0.717, 1.165) is 11.1 Å². The van der Waals surface area contributed by atoms with E-state index in [2.05, 4.69) is 5.32 Å². The second kappa shape index (κ2) is 6.76. The first-order chi connectivity index (χ1) is 10.3. The monoisotopic (exact) mass is 321 g/mol. The van der Waals surface area contributed by atoms with Gasteiger partial charge in [0, 0.05) is 26.0 Å². The molecule has 0 atom stereocenters. The van der Waals surface area contributed by atoms with Gasteiger partial charge in [-0.05, 0) is 35.7 Å². The van der Waals surface area contributed by atoms with E-state index < -0.39 is 10.0 Å². The fourth-order valence-corrected chi connectivity index (χ4v) is 2.62. The minimum absolute atomic E-state index is 0.0349. The van der Waals surface area contributed by atoms with Crippen LogP contribution < -0.4 is 10.5 Å². The molecule has 118 valence electrons. The molecule has 1 amide bonds. The molecule has 0 fully saturated rings. The molecule has 0 radical (unpaired) electrons. The van der Waals surface area contributed by atoms with Crippen molar-refractivity contribution < 1.29 is 13.2 Å². The van der Waals surface area contributed by atoms with Crippen molar-refractivity contribution in [1.82, 2.24) is 9.88 Å². The molecule has 22 heavy (non-hydrogen) atoms. The third kappa shape index (κ3) is 4.71. The van der Waals surface area contributed by atoms with Crippen LogP contribution in [0.5, 0.6) is 0 Å². The van der Waals surface area contributed by atoms with E-state index in [1.165, 1.54) is 12.1 Å². The summed E-state index contributed by atoms with van der Waals surface area (Å²) >= 11 is 0. The Morgan fingerprint density at radius 3 is 2.41 bits per heavy atom. The van der Waals surface area contributed by atoms with Crippen molar-refractivity contribution >= 4 is 15.9 Å². The Labute approximate surface area is 130 Å². The number of sulfonamides is 1. The molecule has 0 aliphatic rings. The lowest BCUT2D eigenvalue weighted by Crippen LogP contribution is -2.27. The summed E-state index contributed by atoms with van der Waals surface area (Å²) in [5.41, 5.74) is 1.91. The van der Waals surface area contributed by atoms with Crippen LogP contribution in [0, 0.1) is 0 Å². The van der Waals surface area contributed by atoms with Crippen LogP contribution in [-0.2, 0) is 34.7 Å². The molecule has 0 spiro atoms. The molecule has 0 unspecified atom stereocenters. The molecule has 0 bridgehead atoms. The number of rotatable bonds is 6. The van der Waals surface area contributed by atoms with Crippen molar-refractivity contribution in [2.45, 2.75) is 17.7 Å². The van der Waals surface area contributed by atoms with Crippen molar-refractivity contribution in [3.05, 3.63) is 53.9 Å². The highest BCUT2D eigenvalue weighted by molar-refractivity contribution is 7.89. The van der Waals surface area contributed by atoms with E-state index in [1.54, 1.807) is 12.1 Å². The predicted molar refractivity (Wildman–Crippen MR) is 83.6 cm³/mol. The first-order valence-corrected chi connectivity index (χ1v) is 8.38. The van der Waals surface area contributed by atoms with Gasteiger partial charge in [-0.25, -0.2) is 13.6 Å². The molecule has 0 saturated carbocycles. The number of carbonyl (C=O) groups excluding carboxylic acids is 1. The largest absolute Gasteiger partial charge is 0.357 e. The summed E-state index contributed by atoms with van der Waals surface area (Å²) < 4.78 is 24.2. The Hall–Kier alpha value is -2.12. The van der Waals surface area contributed by atoms with Gasteiger partial charge in [0.1, 0.15) is 0 Å². The van der Waals surface area contributed by atoms with Crippen molar-refractivity contribution in [2.75, 3.05) is 6.54 Å². The third-order valence-electron chi connectivity index (χ3n) is 3.25. The van der Waals surface area contributed by atoms with Gasteiger partial charge in [-0.3, -0.25) is 4.79 Å². The standard InChI is InChI=1S/C15H19N3O3S/c1-18-9-7-13(11-18)10-15(19)17-8-6-12-2-4-14(5-3-12)22(16,20)21/h2-5,7,9,11H,6,8,10H2,1H3,(H,17,19)(H2,16,20,21). The van der Waals surface area contributed by atoms with Crippen LogP contribution in [0.4, 0.5) is 0 Å². The number of amides is 1. The number of primary sulfonamides is 1. The first-order valence-electron chi connectivity index (χ1n) is 6.84. The summed E-state index contributed by atoms with van der Waals surface area (Å²) in [7, 11) is -1.75. The van der Waals surface area contributed by atoms with Crippen LogP contribution in [-0.4, -0.2) is 25.4 Å². The van der Waals surface area contributed by atoms with Gasteiger partial charge in [0.05, 0.1) is 11.3 Å². The number of benzene rings is 1. The number of hydrogen-bond acceptors (Lipinski definition) is 3. The van der Waals surface area contributed by atoms with Gasteiger partial charge in [0.25, 0.3) is 0 Å². The molecule has 6 nitrogen and oxygen atoms in total. The molecular weight excluding hydrogens is 302 g/mol. The van der Waals surface area contributed by atoms with E-state index in [0.29, 0.717) is 19.4 Å². The van der Waals surface area contributed by atoms with Crippen LogP contribution in [0.25, 0.3) is 0 Å². The topological polar surface area (TPSA) is 94.2 Å². The van der Waals surface area contributed by atoms with Gasteiger partial charge < -0.3 is 9.88 Å². The number of carbonyl (C=O) groups is 1. The number of nitrogens with two attached hydrogens (primary N) is 1. The zero-order valence-corrected chi connectivity index (χ0v) is 13.1. The fourth-order valence-electron chi connectivity index (χ4n) is 2.11. The third-order valence-corrected chi connectivity index (χ3v) is 4.17. The van der Waals surface area contributed by atoms with E-state index in [4.69, 9.17) is 5.14 Å². The van der Waals surface area contributed by atoms with Crippen LogP contribution >= 0.6 is 0 Å². The molecule has 0 aliphatic carbocycles. The maximum atomic E-state index is 11.8. The highest BCUT2D eigenvalue weighted by Gasteiger charge is 2.07. The number of aromatic nitrogens is 1. The molecule has 7 heteroatoms. The van der Waals surface area contributed by atoms with E-state index in [1.807, 2.05) is 30.1 Å². The summed E-state index contributed by atoms with van der Waals surface area (Å²) in [6, 6.07) is 8.24. The maximum absolute atomic E-state index is 11.8. The van der Waals surface area contributed by atoms with Gasteiger partial charge in [-0.15, -0.1) is 0 Å². The SMILES string of the molecule is Cn1ccc(CC(=O)NCCc2ccc(S(N)(=O)=O)cc2)c1. The highest BCUT2D eigenvalue weighted by atomic mass is 32.2. The predicted octanol–water partition coefficient (Wildman–Crippen LogP) is 0.574. The summed E-state index contributed by atoms with van der Waals surface area (Å²) in [4.78, 5) is 11.9. The zero-order valence-electron chi connectivity index (χ0n) is 12.3. The summed E-state index contributed by atoms with van der Waals surface area (Å²) in [5, 5.41) is 7.88. The molecule has 2 aromatic rings. The highest BCUT2D eigenvalue weighted by Crippen LogP contribution is 2.09. The average Bonchev–Trinajstić information content (AvgIpc) is 2.83. The van der Waals surface area contributed by atoms with Crippen LogP contribution in [0.2, 0.25) is 0 Å². The summed E-state index contributed by atoms with van der Waals surface area (Å²) in [6.45, 7) is 0.500. The molecule has 0 aliphatic heterocycles. The zero-order chi connectivity index (χ0) is 16.2. The van der Waals surface area contributed by atoms with Crippen LogP contribution in [0.15, 0.2) is 47.6 Å². The lowest BCUT2D eigenvalue weighted by Gasteiger charge is -2.05. The Kier molecular flexibility index (Phi) is 4.99. The van der Waals surface area contributed by atoms with Gasteiger partial charge in [-0.1, -0.05) is 12.1 Å². The first kappa shape index (κ1) is 16.3. The summed E-state index contributed by atoms with van der Waals surface area (Å²) in [6.07, 6.45) is 4.79. The van der Waals surface area contributed by atoms with Crippen molar-refractivity contribution in [1.29, 1.82) is 0 Å². The second-order valence-electron chi connectivity index (χ2n) is 5.15. The van der Waals surface area contributed by atoms with E-state index >= 15 is 0 Å². The van der Waals surface area contributed by atoms with Crippen LogP contribution in [0.3, 0.4) is 0 Å². The molecule has 3 N–H and O–H groups in total. The minimum atomic E-state index is -3.66. The second-order valence-corrected chi connectivity index (χ2v) is 6.71. The fraction of sp³-hybridized carbons (Fsp3) is 0.267. The van der Waals surface area contributed by atoms with Gasteiger partial charge in [0.2, 0.25) is 15.9 Å². The van der Waals surface area contributed by atoms with Crippen molar-refractivity contribution in [2.24, 2.45) is 12.2 Å². The molecule has 0 saturated heterocycles. The number of nitrogens with one attached hydrogen (secondary N) is 1. The van der Waals surface area contributed by atoms with Gasteiger partial charge in [-0.2, -0.15) is 0 Å². The summed E-state index contributed by atoms with van der Waals surface area (Å²) in [5.74, 6) is -0.0349. The van der Waals surface area contributed by atoms with E-state index in [9.17, 15) is 13.2 Å². The molecular formula is C15H19N3O3S. The molecule has 1 heterocycles. The molecule has 2 rings (SSSR count). The Morgan fingerprint density at radius 2 is 1.86 bits per heavy atom. The Bertz CT molecular complexity index is 749. The smallest absolute Gasteiger partial charge is 0.238 e. The van der Waals surface area contributed by atoms with Gasteiger partial charge in [0.15, 0.2) is 0 Å². The van der Waals surface area contributed by atoms with Crippen molar-refractivity contribution in [3.63, 3.8) is 0 Å². The van der Waals surface area contributed by atoms with E-state index in [-0.39, 0.29) is 10.8 Å². The van der Waals surface area contributed by atoms with Crippen LogP contribution in [0.1, 0.15) is 11.1 Å². The number of aryl methyl sites for hydroxylation is 1. The average molecular weight is 321 g/mol. The Balaban J connectivity index is 1.79. The number of nitrogens with zero attached hydrogens (tertiary/aromatic N) is 1. The Morgan fingerprint density at radius 1 is 1.18 bits per heavy atom. The minimum Gasteiger partial charge on any atom is -0.357 e. The van der Waals surface area contributed by atoms with Crippen molar-refractivity contribution in [3.8, 4) is 0 Å².